The molecule has 10 heteroatoms. The lowest BCUT2D eigenvalue weighted by Crippen LogP contribution is -2.46. The van der Waals surface area contributed by atoms with Crippen LogP contribution in [0.3, 0.4) is 0 Å². The summed E-state index contributed by atoms with van der Waals surface area (Å²) in [4.78, 5) is 22.7. The van der Waals surface area contributed by atoms with Crippen molar-refractivity contribution in [3.63, 3.8) is 0 Å². The molecular formula is C41H81N2O7P. The smallest absolute Gasteiger partial charge is 0.393 e. The van der Waals surface area contributed by atoms with Gasteiger partial charge in [0.15, 0.2) is 0 Å². The number of rotatable bonds is 39. The highest BCUT2D eigenvalue weighted by Gasteiger charge is 2.27. The van der Waals surface area contributed by atoms with Gasteiger partial charge in [-0.15, -0.1) is 0 Å². The number of allylic oxidation sites excluding steroid dienone is 3. The summed E-state index contributed by atoms with van der Waals surface area (Å²) < 4.78 is 22.0. The minimum atomic E-state index is -4.40. The summed E-state index contributed by atoms with van der Waals surface area (Å²) in [6.07, 6.45) is 38.4. The molecular weight excluding hydrogens is 663 g/mol. The van der Waals surface area contributed by atoms with Crippen LogP contribution in [0.2, 0.25) is 0 Å². The lowest BCUT2D eigenvalue weighted by atomic mass is 10.0. The molecule has 0 spiro atoms. The Balaban J connectivity index is 4.38. The number of unbranched alkanes of at least 4 members (excludes halogenated alkanes) is 23. The highest BCUT2D eigenvalue weighted by Crippen LogP contribution is 2.43. The summed E-state index contributed by atoms with van der Waals surface area (Å²) in [6.45, 7) is 3.94. The van der Waals surface area contributed by atoms with Crippen molar-refractivity contribution in [2.75, 3.05) is 19.8 Å². The van der Waals surface area contributed by atoms with E-state index in [1.807, 2.05) is 6.08 Å². The van der Waals surface area contributed by atoms with Crippen molar-refractivity contribution in [3.8, 4) is 0 Å². The highest BCUT2D eigenvalue weighted by atomic mass is 31.2. The van der Waals surface area contributed by atoms with Crippen molar-refractivity contribution < 1.29 is 33.5 Å². The standard InChI is InChI=1S/C41H81N2O7P/c1-3-5-7-9-11-13-15-16-17-18-19-20-21-22-23-25-27-29-31-33-40(45)39(37-50-51(47,48)49-35-34-42)43-41(46)36-38(44)32-30-28-26-24-14-12-10-8-6-4-2/h23,25,31,33,38-40,44-45H,3-22,24,26-30,32,34-37,42H2,1-2H3,(H,43,46)(H,47,48)/b25-23+,33-31+. The summed E-state index contributed by atoms with van der Waals surface area (Å²) in [5, 5.41) is 23.9. The zero-order valence-corrected chi connectivity index (χ0v) is 33.9. The topological polar surface area (TPSA) is 151 Å². The van der Waals surface area contributed by atoms with Gasteiger partial charge in [0.25, 0.3) is 0 Å². The molecule has 0 aromatic heterocycles. The molecule has 0 aromatic rings. The number of phosphoric ester groups is 1. The van der Waals surface area contributed by atoms with Crippen molar-refractivity contribution in [2.24, 2.45) is 5.73 Å². The van der Waals surface area contributed by atoms with Crippen LogP contribution in [0.5, 0.6) is 0 Å². The first-order valence-corrected chi connectivity index (χ1v) is 22.5. The Kier molecular flexibility index (Phi) is 36.5. The van der Waals surface area contributed by atoms with Crippen LogP contribution in [0.1, 0.15) is 194 Å². The maximum atomic E-state index is 12.7. The number of carbonyl (C=O) groups is 1. The van der Waals surface area contributed by atoms with Gasteiger partial charge in [-0.05, 0) is 32.1 Å². The van der Waals surface area contributed by atoms with E-state index in [1.165, 1.54) is 128 Å². The summed E-state index contributed by atoms with van der Waals surface area (Å²) in [7, 11) is -4.40. The average Bonchev–Trinajstić information content (AvgIpc) is 3.10. The van der Waals surface area contributed by atoms with Crippen molar-refractivity contribution in [2.45, 2.75) is 212 Å². The fourth-order valence-electron chi connectivity index (χ4n) is 6.13. The highest BCUT2D eigenvalue weighted by molar-refractivity contribution is 7.47. The van der Waals surface area contributed by atoms with E-state index in [2.05, 4.69) is 31.3 Å². The first kappa shape index (κ1) is 49.9. The number of aliphatic hydroxyl groups excluding tert-OH is 2. The van der Waals surface area contributed by atoms with Crippen molar-refractivity contribution in [1.29, 1.82) is 0 Å². The van der Waals surface area contributed by atoms with E-state index in [4.69, 9.17) is 14.8 Å². The van der Waals surface area contributed by atoms with Gasteiger partial charge in [-0.25, -0.2) is 4.57 Å². The Hall–Kier alpha value is -1.06. The van der Waals surface area contributed by atoms with Crippen LogP contribution in [0.25, 0.3) is 0 Å². The molecule has 9 nitrogen and oxygen atoms in total. The number of nitrogens with two attached hydrogens (primary N) is 1. The molecule has 302 valence electrons. The van der Waals surface area contributed by atoms with Crippen LogP contribution in [-0.2, 0) is 18.4 Å². The molecule has 0 rings (SSSR count). The summed E-state index contributed by atoms with van der Waals surface area (Å²) in [5.41, 5.74) is 5.35. The Morgan fingerprint density at radius 1 is 0.667 bits per heavy atom. The molecule has 0 fully saturated rings. The van der Waals surface area contributed by atoms with Gasteiger partial charge in [-0.1, -0.05) is 179 Å². The van der Waals surface area contributed by atoms with Crippen LogP contribution in [-0.4, -0.2) is 59.0 Å². The molecule has 0 aliphatic heterocycles. The lowest BCUT2D eigenvalue weighted by Gasteiger charge is -2.24. The van der Waals surface area contributed by atoms with Gasteiger partial charge in [0.1, 0.15) is 0 Å². The summed E-state index contributed by atoms with van der Waals surface area (Å²) in [5.74, 6) is -0.456. The molecule has 0 aliphatic carbocycles. The molecule has 1 amide bonds. The molecule has 51 heavy (non-hydrogen) atoms. The second-order valence-corrected chi connectivity index (χ2v) is 15.8. The molecule has 0 radical (unpaired) electrons. The van der Waals surface area contributed by atoms with E-state index in [1.54, 1.807) is 6.08 Å². The quantitative estimate of drug-likeness (QED) is 0.0237. The largest absolute Gasteiger partial charge is 0.472 e. The SMILES string of the molecule is CCCCCCCCCCCCCCC/C=C/CC/C=C/C(O)C(COP(=O)(O)OCCN)NC(=O)CC(O)CCCCCCCCCCCC. The Morgan fingerprint density at radius 3 is 1.63 bits per heavy atom. The average molecular weight is 745 g/mol. The predicted octanol–water partition coefficient (Wildman–Crippen LogP) is 10.4. The number of hydrogen-bond acceptors (Lipinski definition) is 7. The maximum Gasteiger partial charge on any atom is 0.472 e. The van der Waals surface area contributed by atoms with Crippen molar-refractivity contribution >= 4 is 13.7 Å². The van der Waals surface area contributed by atoms with Crippen LogP contribution in [0, 0.1) is 0 Å². The van der Waals surface area contributed by atoms with E-state index in [9.17, 15) is 24.5 Å². The van der Waals surface area contributed by atoms with E-state index < -0.39 is 38.6 Å². The zero-order chi connectivity index (χ0) is 37.7. The zero-order valence-electron chi connectivity index (χ0n) is 33.0. The van der Waals surface area contributed by atoms with Crippen LogP contribution in [0.4, 0.5) is 0 Å². The fourth-order valence-corrected chi connectivity index (χ4v) is 6.89. The van der Waals surface area contributed by atoms with Gasteiger partial charge in [-0.2, -0.15) is 0 Å². The molecule has 4 atom stereocenters. The predicted molar refractivity (Wildman–Crippen MR) is 214 cm³/mol. The molecule has 0 bridgehead atoms. The number of nitrogens with one attached hydrogen (secondary N) is 1. The molecule has 0 aliphatic rings. The first-order valence-electron chi connectivity index (χ1n) is 21.0. The Bertz CT molecular complexity index is 873. The van der Waals surface area contributed by atoms with Gasteiger partial charge in [0, 0.05) is 6.54 Å². The van der Waals surface area contributed by atoms with Crippen LogP contribution in [0.15, 0.2) is 24.3 Å². The molecule has 6 N–H and O–H groups in total. The number of amides is 1. The number of phosphoric acid groups is 1. The van der Waals surface area contributed by atoms with Gasteiger partial charge in [-0.3, -0.25) is 13.8 Å². The van der Waals surface area contributed by atoms with E-state index in [0.29, 0.717) is 12.8 Å². The van der Waals surface area contributed by atoms with Gasteiger partial charge in [0.2, 0.25) is 5.91 Å². The summed E-state index contributed by atoms with van der Waals surface area (Å²) in [6, 6.07) is -0.994. The fraction of sp³-hybridized carbons (Fsp3) is 0.878. The maximum absolute atomic E-state index is 12.7. The first-order chi connectivity index (χ1) is 24.8. The second-order valence-electron chi connectivity index (χ2n) is 14.4. The minimum absolute atomic E-state index is 0.0459. The normalized spacial score (nSPS) is 15.0. The monoisotopic (exact) mass is 745 g/mol. The van der Waals surface area contributed by atoms with Crippen molar-refractivity contribution in [1.82, 2.24) is 5.32 Å². The molecule has 0 aromatic carbocycles. The molecule has 0 heterocycles. The number of aliphatic hydroxyl groups is 2. The van der Waals surface area contributed by atoms with Crippen LogP contribution < -0.4 is 11.1 Å². The van der Waals surface area contributed by atoms with Crippen LogP contribution >= 0.6 is 7.82 Å². The minimum Gasteiger partial charge on any atom is -0.393 e. The second kappa shape index (κ2) is 37.3. The number of hydrogen-bond donors (Lipinski definition) is 5. The van der Waals surface area contributed by atoms with Gasteiger partial charge >= 0.3 is 7.82 Å². The lowest BCUT2D eigenvalue weighted by molar-refractivity contribution is -0.124. The molecule has 0 saturated heterocycles. The Morgan fingerprint density at radius 2 is 1.12 bits per heavy atom. The van der Waals surface area contributed by atoms with Gasteiger partial charge in [0.05, 0.1) is 37.9 Å². The van der Waals surface area contributed by atoms with Crippen molar-refractivity contribution in [3.05, 3.63) is 24.3 Å². The van der Waals surface area contributed by atoms with E-state index >= 15 is 0 Å². The third-order valence-electron chi connectivity index (χ3n) is 9.33. The molecule has 4 unspecified atom stereocenters. The Labute approximate surface area is 313 Å². The summed E-state index contributed by atoms with van der Waals surface area (Å²) >= 11 is 0. The number of carbonyl (C=O) groups excluding carboxylic acids is 1. The third kappa shape index (κ3) is 35.7. The van der Waals surface area contributed by atoms with Gasteiger partial charge < -0.3 is 26.2 Å². The molecule has 0 saturated carbocycles. The van der Waals surface area contributed by atoms with E-state index in [-0.39, 0.29) is 19.6 Å². The third-order valence-corrected chi connectivity index (χ3v) is 10.3. The van der Waals surface area contributed by atoms with E-state index in [0.717, 1.165) is 32.1 Å².